The number of aryl methyl sites for hydroxylation is 1. The third kappa shape index (κ3) is 5.27. The van der Waals surface area contributed by atoms with Crippen LogP contribution in [0.3, 0.4) is 0 Å². The zero-order valence-electron chi connectivity index (χ0n) is 21.2. The zero-order chi connectivity index (χ0) is 25.2. The number of nitrogens with two attached hydrogens (primary N) is 1. The van der Waals surface area contributed by atoms with Crippen LogP contribution in [0.1, 0.15) is 22.6 Å². The number of nitrogens with zero attached hydrogens (tertiary/aromatic N) is 5. The molecule has 1 aromatic carbocycles. The number of pyridine rings is 1. The van der Waals surface area contributed by atoms with E-state index in [-0.39, 0.29) is 5.50 Å². The largest absolute Gasteiger partial charge is 0.491 e. The topological polar surface area (TPSA) is 102 Å². The molecule has 2 aliphatic rings. The SMILES string of the molecule is COCCc1c(C)nc(CN(C)C)nc1N1CCOc2ccc(-c3cnc4c(c3)NC(N)S4)cc2C1. The Balaban J connectivity index is 1.49. The van der Waals surface area contributed by atoms with E-state index in [1.165, 1.54) is 11.8 Å². The van der Waals surface area contributed by atoms with E-state index in [1.54, 1.807) is 7.11 Å². The molecule has 0 saturated carbocycles. The van der Waals surface area contributed by atoms with Gasteiger partial charge in [0.1, 0.15) is 34.5 Å². The predicted molar refractivity (Wildman–Crippen MR) is 143 cm³/mol. The van der Waals surface area contributed by atoms with Gasteiger partial charge in [-0.15, -0.1) is 0 Å². The molecule has 0 radical (unpaired) electrons. The lowest BCUT2D eigenvalue weighted by molar-refractivity contribution is 0.202. The summed E-state index contributed by atoms with van der Waals surface area (Å²) in [6, 6.07) is 8.46. The molecule has 5 rings (SSSR count). The van der Waals surface area contributed by atoms with Gasteiger partial charge in [-0.1, -0.05) is 17.8 Å². The Morgan fingerprint density at radius 3 is 2.92 bits per heavy atom. The highest BCUT2D eigenvalue weighted by Crippen LogP contribution is 2.38. The van der Waals surface area contributed by atoms with Gasteiger partial charge in [-0.25, -0.2) is 15.0 Å². The molecule has 0 amide bonds. The van der Waals surface area contributed by atoms with Gasteiger partial charge in [0, 0.05) is 48.7 Å². The summed E-state index contributed by atoms with van der Waals surface area (Å²) < 4.78 is 11.6. The van der Waals surface area contributed by atoms with Gasteiger partial charge in [-0.3, -0.25) is 0 Å². The number of hydrogen-bond donors (Lipinski definition) is 2. The standard InChI is InChI=1S/C26H33N7O2S/c1-16-20(7-9-34-4)24(31-23(29-16)15-32(2)3)33-8-10-35-22-6-5-17(11-19(22)14-33)18-12-21-25(28-13-18)36-26(27)30-21/h5-6,11-13,26,30H,7-10,14-15,27H2,1-4H3. The molecular weight excluding hydrogens is 474 g/mol. The first-order valence-electron chi connectivity index (χ1n) is 12.1. The van der Waals surface area contributed by atoms with Gasteiger partial charge in [0.2, 0.25) is 0 Å². The van der Waals surface area contributed by atoms with Gasteiger partial charge in [-0.2, -0.15) is 0 Å². The first kappa shape index (κ1) is 24.8. The third-order valence-corrected chi connectivity index (χ3v) is 7.23. The van der Waals surface area contributed by atoms with Crippen molar-refractivity contribution in [2.45, 2.75) is 37.0 Å². The Bertz CT molecular complexity index is 1250. The summed E-state index contributed by atoms with van der Waals surface area (Å²) in [6.45, 7) is 5.39. The first-order chi connectivity index (χ1) is 17.4. The lowest BCUT2D eigenvalue weighted by Crippen LogP contribution is -2.29. The van der Waals surface area contributed by atoms with E-state index in [0.29, 0.717) is 26.3 Å². The van der Waals surface area contributed by atoms with Crippen molar-refractivity contribution in [3.63, 3.8) is 0 Å². The highest BCUT2D eigenvalue weighted by molar-refractivity contribution is 8.00. The van der Waals surface area contributed by atoms with Gasteiger partial charge in [0.25, 0.3) is 0 Å². The summed E-state index contributed by atoms with van der Waals surface area (Å²) >= 11 is 1.54. The number of benzene rings is 1. The number of methoxy groups -OCH3 is 1. The van der Waals surface area contributed by atoms with Gasteiger partial charge in [-0.05, 0) is 44.8 Å². The molecule has 36 heavy (non-hydrogen) atoms. The number of nitrogens with one attached hydrogen (secondary N) is 1. The van der Waals surface area contributed by atoms with Crippen LogP contribution in [0.15, 0.2) is 35.5 Å². The van der Waals surface area contributed by atoms with Crippen LogP contribution in [0.25, 0.3) is 11.1 Å². The zero-order valence-corrected chi connectivity index (χ0v) is 22.1. The fraction of sp³-hybridized carbons (Fsp3) is 0.423. The molecule has 0 fully saturated rings. The van der Waals surface area contributed by atoms with E-state index in [0.717, 1.165) is 69.0 Å². The van der Waals surface area contributed by atoms with Crippen LogP contribution in [-0.4, -0.2) is 66.3 Å². The van der Waals surface area contributed by atoms with Gasteiger partial charge in [0.15, 0.2) is 0 Å². The second-order valence-electron chi connectivity index (χ2n) is 9.36. The number of hydrogen-bond acceptors (Lipinski definition) is 10. The van der Waals surface area contributed by atoms with Crippen molar-refractivity contribution in [3.05, 3.63) is 53.1 Å². The molecule has 0 bridgehead atoms. The van der Waals surface area contributed by atoms with Crippen LogP contribution >= 0.6 is 11.8 Å². The number of thioether (sulfide) groups is 1. The summed E-state index contributed by atoms with van der Waals surface area (Å²) in [4.78, 5) is 18.8. The van der Waals surface area contributed by atoms with Crippen molar-refractivity contribution in [2.24, 2.45) is 5.73 Å². The second-order valence-corrected chi connectivity index (χ2v) is 10.5. The summed E-state index contributed by atoms with van der Waals surface area (Å²) in [6.07, 6.45) is 2.67. The minimum atomic E-state index is -0.155. The van der Waals surface area contributed by atoms with Crippen molar-refractivity contribution in [2.75, 3.05) is 51.2 Å². The molecule has 190 valence electrons. The van der Waals surface area contributed by atoms with E-state index in [9.17, 15) is 0 Å². The van der Waals surface area contributed by atoms with E-state index >= 15 is 0 Å². The fourth-order valence-corrected chi connectivity index (χ4v) is 5.40. The summed E-state index contributed by atoms with van der Waals surface area (Å²) in [5, 5.41) is 4.21. The first-order valence-corrected chi connectivity index (χ1v) is 13.0. The molecular formula is C26H33N7O2S. The molecule has 0 aliphatic carbocycles. The van der Waals surface area contributed by atoms with Crippen LogP contribution in [0.4, 0.5) is 11.5 Å². The Labute approximate surface area is 216 Å². The maximum absolute atomic E-state index is 6.16. The molecule has 10 heteroatoms. The summed E-state index contributed by atoms with van der Waals surface area (Å²) in [5.41, 5.74) is 12.2. The monoisotopic (exact) mass is 507 g/mol. The van der Waals surface area contributed by atoms with Crippen molar-refractivity contribution >= 4 is 23.3 Å². The fourth-order valence-electron chi connectivity index (χ4n) is 4.61. The van der Waals surface area contributed by atoms with Crippen LogP contribution in [0.5, 0.6) is 5.75 Å². The Kier molecular flexibility index (Phi) is 7.29. The van der Waals surface area contributed by atoms with Crippen molar-refractivity contribution in [1.29, 1.82) is 0 Å². The average Bonchev–Trinajstić information content (AvgIpc) is 3.08. The predicted octanol–water partition coefficient (Wildman–Crippen LogP) is 3.26. The molecule has 4 heterocycles. The van der Waals surface area contributed by atoms with Gasteiger partial charge in [0.05, 0.1) is 25.4 Å². The normalized spacial score (nSPS) is 16.8. The molecule has 3 N–H and O–H groups in total. The number of aromatic nitrogens is 3. The molecule has 0 saturated heterocycles. The maximum atomic E-state index is 6.16. The van der Waals surface area contributed by atoms with E-state index in [2.05, 4.69) is 51.3 Å². The number of fused-ring (bicyclic) bond motifs is 2. The van der Waals surface area contributed by atoms with Crippen molar-refractivity contribution in [3.8, 4) is 16.9 Å². The molecule has 1 atom stereocenters. The smallest absolute Gasteiger partial charge is 0.144 e. The quantitative estimate of drug-likeness (QED) is 0.495. The highest BCUT2D eigenvalue weighted by atomic mass is 32.2. The van der Waals surface area contributed by atoms with Gasteiger partial charge < -0.3 is 30.3 Å². The number of anilines is 2. The molecule has 9 nitrogen and oxygen atoms in total. The molecule has 2 aliphatic heterocycles. The van der Waals surface area contributed by atoms with Crippen LogP contribution in [0.2, 0.25) is 0 Å². The second kappa shape index (κ2) is 10.6. The maximum Gasteiger partial charge on any atom is 0.144 e. The minimum Gasteiger partial charge on any atom is -0.491 e. The molecule has 0 spiro atoms. The van der Waals surface area contributed by atoms with Crippen molar-refractivity contribution in [1.82, 2.24) is 19.9 Å². The van der Waals surface area contributed by atoms with Crippen LogP contribution < -0.4 is 20.7 Å². The Morgan fingerprint density at radius 2 is 2.11 bits per heavy atom. The molecule has 3 aromatic rings. The van der Waals surface area contributed by atoms with Crippen LogP contribution in [0, 0.1) is 6.92 Å². The minimum absolute atomic E-state index is 0.155. The Morgan fingerprint density at radius 1 is 1.25 bits per heavy atom. The molecule has 2 aromatic heterocycles. The van der Waals surface area contributed by atoms with Crippen LogP contribution in [-0.2, 0) is 24.2 Å². The Hall–Kier alpha value is -2.92. The van der Waals surface area contributed by atoms with Gasteiger partial charge >= 0.3 is 0 Å². The third-order valence-electron chi connectivity index (χ3n) is 6.31. The lowest BCUT2D eigenvalue weighted by atomic mass is 10.0. The molecule has 1 unspecified atom stereocenters. The summed E-state index contributed by atoms with van der Waals surface area (Å²) in [7, 11) is 5.79. The van der Waals surface area contributed by atoms with E-state index < -0.39 is 0 Å². The lowest BCUT2D eigenvalue weighted by Gasteiger charge is -2.26. The highest BCUT2D eigenvalue weighted by Gasteiger charge is 2.23. The van der Waals surface area contributed by atoms with E-state index in [1.807, 2.05) is 20.3 Å². The summed E-state index contributed by atoms with van der Waals surface area (Å²) in [5.74, 6) is 2.69. The number of rotatable bonds is 7. The van der Waals surface area contributed by atoms with E-state index in [4.69, 9.17) is 25.2 Å². The number of ether oxygens (including phenoxy) is 2. The average molecular weight is 508 g/mol. The van der Waals surface area contributed by atoms with Crippen molar-refractivity contribution < 1.29 is 9.47 Å².